The summed E-state index contributed by atoms with van der Waals surface area (Å²) in [5.74, 6) is -0.786. The lowest BCUT2D eigenvalue weighted by Gasteiger charge is -2.41. The van der Waals surface area contributed by atoms with Crippen molar-refractivity contribution in [2.75, 3.05) is 6.61 Å². The predicted molar refractivity (Wildman–Crippen MR) is 127 cm³/mol. The van der Waals surface area contributed by atoms with Crippen LogP contribution in [0.1, 0.15) is 19.8 Å². The van der Waals surface area contributed by atoms with Gasteiger partial charge in [0.05, 0.1) is 6.61 Å². The van der Waals surface area contributed by atoms with Gasteiger partial charge < -0.3 is 32.4 Å². The highest BCUT2D eigenvalue weighted by Crippen LogP contribution is 2.29. The molecular formula is C18H42O8Si4. The molecule has 0 saturated carbocycles. The lowest BCUT2D eigenvalue weighted by atomic mass is 10.2. The molecule has 0 amide bonds. The quantitative estimate of drug-likeness (QED) is 0.154. The minimum Gasteiger partial charge on any atom is -0.430 e. The number of carbonyl (C=O) groups is 1. The van der Waals surface area contributed by atoms with Gasteiger partial charge in [-0.05, 0) is 71.0 Å². The molecule has 0 saturated heterocycles. The number of ether oxygens (including phenoxy) is 1. The van der Waals surface area contributed by atoms with E-state index >= 15 is 0 Å². The molecule has 0 aromatic heterocycles. The largest absolute Gasteiger partial charge is 0.498 e. The minimum atomic E-state index is -3.42. The van der Waals surface area contributed by atoms with Crippen LogP contribution >= 0.6 is 0 Å². The van der Waals surface area contributed by atoms with Crippen LogP contribution in [0.15, 0.2) is 11.3 Å². The summed E-state index contributed by atoms with van der Waals surface area (Å²) in [6, 6.07) is 0. The second kappa shape index (κ2) is 11.6. The van der Waals surface area contributed by atoms with Crippen LogP contribution in [0, 0.1) is 0 Å². The highest BCUT2D eigenvalue weighted by atomic mass is 28.5. The molecule has 0 aromatic rings. The van der Waals surface area contributed by atoms with Gasteiger partial charge >= 0.3 is 14.8 Å². The summed E-state index contributed by atoms with van der Waals surface area (Å²) in [4.78, 5) is 12.8. The fourth-order valence-corrected chi connectivity index (χ4v) is 15.8. The second-order valence-electron chi connectivity index (χ2n) is 10.2. The molecule has 0 bridgehead atoms. The molecule has 12 heteroatoms. The van der Waals surface area contributed by atoms with Gasteiger partial charge in [0.25, 0.3) is 0 Å². The van der Waals surface area contributed by atoms with Crippen LogP contribution in [0.3, 0.4) is 0 Å². The van der Waals surface area contributed by atoms with Gasteiger partial charge in [0.1, 0.15) is 6.10 Å². The van der Waals surface area contributed by atoms with Crippen molar-refractivity contribution < 1.29 is 37.2 Å². The molecule has 0 rings (SSSR count). The standard InChI is InChI=1S/C18H42O8Si4/c1-11-12-15(17(21)23-18(22)16(20)13-19)14-30(24-27(2,3)4,25-28(5,6)7)26-29(8,9)10/h14,16,18-20,22H,11-13H2,1-10H3/b15-14+. The average Bonchev–Trinajstić information content (AvgIpc) is 2.47. The van der Waals surface area contributed by atoms with Crippen LogP contribution in [0.2, 0.25) is 58.9 Å². The topological polar surface area (TPSA) is 115 Å². The zero-order chi connectivity index (χ0) is 24.0. The van der Waals surface area contributed by atoms with E-state index in [1.807, 2.05) is 65.8 Å². The highest BCUT2D eigenvalue weighted by Gasteiger charge is 2.49. The van der Waals surface area contributed by atoms with E-state index < -0.39 is 58.7 Å². The summed E-state index contributed by atoms with van der Waals surface area (Å²) in [6.07, 6.45) is -2.38. The summed E-state index contributed by atoms with van der Waals surface area (Å²) in [7, 11) is -9.83. The number of aliphatic hydroxyl groups excluding tert-OH is 3. The molecule has 0 aromatic carbocycles. The molecule has 0 aliphatic rings. The zero-order valence-corrected chi connectivity index (χ0v) is 24.2. The Labute approximate surface area is 186 Å². The molecule has 2 atom stereocenters. The fraction of sp³-hybridized carbons (Fsp3) is 0.833. The number of esters is 1. The molecule has 2 unspecified atom stereocenters. The summed E-state index contributed by atoms with van der Waals surface area (Å²) < 4.78 is 24.6. The average molecular weight is 499 g/mol. The number of carbonyl (C=O) groups excluding carboxylic acids is 1. The smallest absolute Gasteiger partial charge is 0.430 e. The Morgan fingerprint density at radius 1 is 0.867 bits per heavy atom. The Hall–Kier alpha value is -0.162. The number of rotatable bonds is 13. The zero-order valence-electron chi connectivity index (χ0n) is 20.2. The Morgan fingerprint density at radius 3 is 1.57 bits per heavy atom. The molecule has 30 heavy (non-hydrogen) atoms. The van der Waals surface area contributed by atoms with Crippen LogP contribution in [-0.4, -0.2) is 74.0 Å². The number of hydrogen-bond acceptors (Lipinski definition) is 8. The Morgan fingerprint density at radius 2 is 1.27 bits per heavy atom. The summed E-state index contributed by atoms with van der Waals surface area (Å²) in [6.45, 7) is 19.6. The van der Waals surface area contributed by atoms with Gasteiger partial charge in [-0.2, -0.15) is 0 Å². The maximum absolute atomic E-state index is 12.8. The number of aliphatic hydroxyl groups is 3. The molecular weight excluding hydrogens is 457 g/mol. The molecule has 8 nitrogen and oxygen atoms in total. The van der Waals surface area contributed by atoms with Crippen molar-refractivity contribution in [3.05, 3.63) is 11.3 Å². The van der Waals surface area contributed by atoms with Gasteiger partial charge in [-0.25, -0.2) is 4.79 Å². The minimum absolute atomic E-state index is 0.281. The van der Waals surface area contributed by atoms with Gasteiger partial charge in [0.2, 0.25) is 6.29 Å². The van der Waals surface area contributed by atoms with E-state index in [0.717, 1.165) is 0 Å². The van der Waals surface area contributed by atoms with Gasteiger partial charge in [-0.3, -0.25) is 0 Å². The van der Waals surface area contributed by atoms with Crippen molar-refractivity contribution in [1.29, 1.82) is 0 Å². The maximum Gasteiger partial charge on any atom is 0.498 e. The molecule has 0 spiro atoms. The van der Waals surface area contributed by atoms with Gasteiger partial charge in [0.15, 0.2) is 25.0 Å². The van der Waals surface area contributed by atoms with E-state index in [2.05, 4.69) is 0 Å². The Balaban J connectivity index is 6.38. The van der Waals surface area contributed by atoms with Crippen molar-refractivity contribution >= 4 is 39.7 Å². The summed E-state index contributed by atoms with van der Waals surface area (Å²) in [5.41, 5.74) is 1.95. The van der Waals surface area contributed by atoms with E-state index in [0.29, 0.717) is 12.8 Å². The molecule has 3 N–H and O–H groups in total. The first-order chi connectivity index (χ1) is 13.3. The lowest BCUT2D eigenvalue weighted by Crippen LogP contribution is -2.60. The van der Waals surface area contributed by atoms with E-state index in [-0.39, 0.29) is 5.57 Å². The van der Waals surface area contributed by atoms with Gasteiger partial charge in [-0.1, -0.05) is 13.3 Å². The van der Waals surface area contributed by atoms with E-state index in [4.69, 9.17) is 22.2 Å². The number of hydrogen-bond donors (Lipinski definition) is 3. The molecule has 0 heterocycles. The third-order valence-corrected chi connectivity index (χ3v) is 14.7. The van der Waals surface area contributed by atoms with Crippen molar-refractivity contribution in [2.24, 2.45) is 0 Å². The molecule has 0 aliphatic heterocycles. The fourth-order valence-electron chi connectivity index (χ4n) is 2.50. The van der Waals surface area contributed by atoms with Crippen molar-refractivity contribution in [1.82, 2.24) is 0 Å². The van der Waals surface area contributed by atoms with Gasteiger partial charge in [-0.15, -0.1) is 0 Å². The summed E-state index contributed by atoms with van der Waals surface area (Å²) >= 11 is 0. The molecule has 0 aliphatic carbocycles. The van der Waals surface area contributed by atoms with E-state index in [9.17, 15) is 15.0 Å². The van der Waals surface area contributed by atoms with Crippen LogP contribution in [0.25, 0.3) is 0 Å². The van der Waals surface area contributed by atoms with Gasteiger partial charge in [0, 0.05) is 5.57 Å². The summed E-state index contributed by atoms with van der Waals surface area (Å²) in [5, 5.41) is 28.3. The maximum atomic E-state index is 12.8. The SMILES string of the molecule is CCC/C(=C\[Si](O[Si](C)(C)C)(O[Si](C)(C)C)O[Si](C)(C)C)C(=O)OC(O)C(O)CO. The van der Waals surface area contributed by atoms with Crippen molar-refractivity contribution in [3.8, 4) is 0 Å². The first kappa shape index (κ1) is 29.8. The van der Waals surface area contributed by atoms with Crippen LogP contribution in [-0.2, 0) is 21.9 Å². The Kier molecular flexibility index (Phi) is 11.6. The molecule has 0 fully saturated rings. The molecule has 0 radical (unpaired) electrons. The van der Waals surface area contributed by atoms with E-state index in [1.54, 1.807) is 5.70 Å². The monoisotopic (exact) mass is 498 g/mol. The third-order valence-electron chi connectivity index (χ3n) is 3.22. The van der Waals surface area contributed by atoms with Crippen LogP contribution in [0.5, 0.6) is 0 Å². The van der Waals surface area contributed by atoms with Crippen molar-refractivity contribution in [2.45, 2.75) is 91.1 Å². The molecule has 178 valence electrons. The predicted octanol–water partition coefficient (Wildman–Crippen LogP) is 2.96. The normalized spacial score (nSPS) is 16.4. The van der Waals surface area contributed by atoms with Crippen LogP contribution < -0.4 is 0 Å². The first-order valence-corrected chi connectivity index (χ1v) is 22.4. The van der Waals surface area contributed by atoms with E-state index in [1.165, 1.54) is 0 Å². The highest BCUT2D eigenvalue weighted by molar-refractivity contribution is 6.92. The third kappa shape index (κ3) is 12.6. The lowest BCUT2D eigenvalue weighted by molar-refractivity contribution is -0.186. The Bertz CT molecular complexity index is 537. The first-order valence-electron chi connectivity index (χ1n) is 10.3. The second-order valence-corrected chi connectivity index (χ2v) is 26.8. The van der Waals surface area contributed by atoms with Crippen LogP contribution in [0.4, 0.5) is 0 Å². The van der Waals surface area contributed by atoms with Crippen molar-refractivity contribution in [3.63, 3.8) is 0 Å².